The fourth-order valence-corrected chi connectivity index (χ4v) is 3.01. The highest BCUT2D eigenvalue weighted by atomic mass is 16.5. The number of hydrogen-bond donors (Lipinski definition) is 3. The number of aryl methyl sites for hydroxylation is 1. The van der Waals surface area contributed by atoms with Crippen LogP contribution in [0, 0.1) is 5.92 Å². The third-order valence-corrected chi connectivity index (χ3v) is 4.53. The summed E-state index contributed by atoms with van der Waals surface area (Å²) in [6.45, 7) is 0. The highest BCUT2D eigenvalue weighted by Crippen LogP contribution is 2.31. The first-order valence-corrected chi connectivity index (χ1v) is 8.38. The Hall–Kier alpha value is -2.34. The second kappa shape index (κ2) is 7.49. The van der Waals surface area contributed by atoms with E-state index in [1.165, 1.54) is 0 Å². The largest absolute Gasteiger partial charge is 0.497 e. The molecule has 6 heteroatoms. The van der Waals surface area contributed by atoms with Crippen molar-refractivity contribution in [3.63, 3.8) is 0 Å². The molecule has 0 atom stereocenters. The fraction of sp³-hybridized carbons (Fsp3) is 0.444. The van der Waals surface area contributed by atoms with E-state index >= 15 is 0 Å². The molecule has 0 radical (unpaired) electrons. The smallest absolute Gasteiger partial charge is 0.224 e. The van der Waals surface area contributed by atoms with Gasteiger partial charge in [0.25, 0.3) is 0 Å². The van der Waals surface area contributed by atoms with Crippen molar-refractivity contribution < 1.29 is 4.74 Å². The van der Waals surface area contributed by atoms with Gasteiger partial charge in [0.2, 0.25) is 5.95 Å². The molecule has 0 spiro atoms. The van der Waals surface area contributed by atoms with Gasteiger partial charge in [0.15, 0.2) is 0 Å². The van der Waals surface area contributed by atoms with Gasteiger partial charge in [0.05, 0.1) is 7.11 Å². The van der Waals surface area contributed by atoms with Crippen molar-refractivity contribution >= 4 is 17.5 Å². The van der Waals surface area contributed by atoms with Crippen LogP contribution in [0.25, 0.3) is 0 Å². The van der Waals surface area contributed by atoms with E-state index in [9.17, 15) is 0 Å². The van der Waals surface area contributed by atoms with Crippen LogP contribution in [-0.4, -0.2) is 30.2 Å². The maximum Gasteiger partial charge on any atom is 0.224 e. The molecule has 1 aliphatic rings. The monoisotopic (exact) mass is 327 g/mol. The summed E-state index contributed by atoms with van der Waals surface area (Å²) in [5.41, 5.74) is 7.98. The van der Waals surface area contributed by atoms with Gasteiger partial charge in [-0.3, -0.25) is 0 Å². The quantitative estimate of drug-likeness (QED) is 0.725. The zero-order chi connectivity index (χ0) is 16.9. The number of rotatable bonds is 7. The molecule has 0 amide bonds. The molecule has 2 aromatic rings. The molecule has 3 rings (SSSR count). The SMILES string of the molecule is CNc1ncc(CCC2CC(N)C2)c(Nc2ccc(OC)cc2)n1. The van der Waals surface area contributed by atoms with Crippen LogP contribution in [0.1, 0.15) is 24.8 Å². The van der Waals surface area contributed by atoms with Crippen LogP contribution in [-0.2, 0) is 6.42 Å². The van der Waals surface area contributed by atoms with Gasteiger partial charge in [-0.15, -0.1) is 0 Å². The van der Waals surface area contributed by atoms with E-state index in [0.29, 0.717) is 12.0 Å². The third-order valence-electron chi connectivity index (χ3n) is 4.53. The first kappa shape index (κ1) is 16.5. The number of hydrogen-bond acceptors (Lipinski definition) is 6. The summed E-state index contributed by atoms with van der Waals surface area (Å²) in [7, 11) is 3.48. The van der Waals surface area contributed by atoms with E-state index in [4.69, 9.17) is 10.5 Å². The summed E-state index contributed by atoms with van der Waals surface area (Å²) in [4.78, 5) is 8.93. The van der Waals surface area contributed by atoms with Gasteiger partial charge in [-0.2, -0.15) is 4.98 Å². The van der Waals surface area contributed by atoms with Gasteiger partial charge in [-0.05, 0) is 55.9 Å². The third kappa shape index (κ3) is 3.94. The lowest BCUT2D eigenvalue weighted by molar-refractivity contribution is 0.250. The summed E-state index contributed by atoms with van der Waals surface area (Å²) in [6, 6.07) is 8.22. The fourth-order valence-electron chi connectivity index (χ4n) is 3.01. The molecule has 24 heavy (non-hydrogen) atoms. The molecule has 1 aromatic heterocycles. The first-order chi connectivity index (χ1) is 11.7. The number of ether oxygens (including phenoxy) is 1. The van der Waals surface area contributed by atoms with Crippen LogP contribution in [0.3, 0.4) is 0 Å². The minimum Gasteiger partial charge on any atom is -0.497 e. The van der Waals surface area contributed by atoms with Crippen LogP contribution < -0.4 is 21.1 Å². The Labute approximate surface area is 142 Å². The summed E-state index contributed by atoms with van der Waals surface area (Å²) < 4.78 is 5.20. The number of nitrogens with two attached hydrogens (primary N) is 1. The highest BCUT2D eigenvalue weighted by molar-refractivity contribution is 5.61. The average Bonchev–Trinajstić information content (AvgIpc) is 2.59. The Morgan fingerprint density at radius 1 is 1.25 bits per heavy atom. The van der Waals surface area contributed by atoms with Crippen molar-refractivity contribution in [2.45, 2.75) is 31.7 Å². The molecule has 6 nitrogen and oxygen atoms in total. The Morgan fingerprint density at radius 2 is 2.00 bits per heavy atom. The number of nitrogens with zero attached hydrogens (tertiary/aromatic N) is 2. The second-order valence-electron chi connectivity index (χ2n) is 6.31. The molecule has 1 fully saturated rings. The van der Waals surface area contributed by atoms with Crippen LogP contribution in [0.5, 0.6) is 5.75 Å². The minimum absolute atomic E-state index is 0.398. The lowest BCUT2D eigenvalue weighted by Crippen LogP contribution is -2.36. The van der Waals surface area contributed by atoms with Crippen molar-refractivity contribution in [2.75, 3.05) is 24.8 Å². The van der Waals surface area contributed by atoms with Crippen molar-refractivity contribution in [3.8, 4) is 5.75 Å². The summed E-state index contributed by atoms with van der Waals surface area (Å²) in [5, 5.41) is 6.39. The predicted molar refractivity (Wildman–Crippen MR) is 96.9 cm³/mol. The Balaban J connectivity index is 1.72. The van der Waals surface area contributed by atoms with Crippen molar-refractivity contribution in [3.05, 3.63) is 36.0 Å². The molecule has 0 unspecified atom stereocenters. The number of methoxy groups -OCH3 is 1. The van der Waals surface area contributed by atoms with Crippen molar-refractivity contribution in [1.82, 2.24) is 9.97 Å². The Kier molecular flexibility index (Phi) is 5.15. The molecule has 1 saturated carbocycles. The summed E-state index contributed by atoms with van der Waals surface area (Å²) in [5.74, 6) is 3.03. The van der Waals surface area contributed by atoms with Crippen molar-refractivity contribution in [1.29, 1.82) is 0 Å². The molecular weight excluding hydrogens is 302 g/mol. The van der Waals surface area contributed by atoms with Gasteiger partial charge >= 0.3 is 0 Å². The van der Waals surface area contributed by atoms with E-state index in [2.05, 4.69) is 20.6 Å². The predicted octanol–water partition coefficient (Wildman–Crippen LogP) is 2.94. The van der Waals surface area contributed by atoms with Gasteiger partial charge in [-0.1, -0.05) is 0 Å². The van der Waals surface area contributed by atoms with E-state index in [0.717, 1.165) is 54.4 Å². The van der Waals surface area contributed by atoms with Crippen LogP contribution >= 0.6 is 0 Å². The second-order valence-corrected chi connectivity index (χ2v) is 6.31. The number of anilines is 3. The van der Waals surface area contributed by atoms with Crippen LogP contribution in [0.15, 0.2) is 30.5 Å². The van der Waals surface area contributed by atoms with Crippen LogP contribution in [0.2, 0.25) is 0 Å². The molecular formula is C18H25N5O. The Morgan fingerprint density at radius 3 is 2.62 bits per heavy atom. The van der Waals surface area contributed by atoms with E-state index in [1.807, 2.05) is 37.5 Å². The first-order valence-electron chi connectivity index (χ1n) is 8.38. The average molecular weight is 327 g/mol. The summed E-state index contributed by atoms with van der Waals surface area (Å²) >= 11 is 0. The molecule has 0 bridgehead atoms. The minimum atomic E-state index is 0.398. The maximum absolute atomic E-state index is 5.88. The van der Waals surface area contributed by atoms with Crippen LogP contribution in [0.4, 0.5) is 17.5 Å². The zero-order valence-electron chi connectivity index (χ0n) is 14.2. The number of nitrogens with one attached hydrogen (secondary N) is 2. The molecule has 1 heterocycles. The van der Waals surface area contributed by atoms with Gasteiger partial charge in [0.1, 0.15) is 11.6 Å². The van der Waals surface area contributed by atoms with E-state index < -0.39 is 0 Å². The molecule has 0 aliphatic heterocycles. The standard InChI is InChI=1S/C18H25N5O/c1-20-18-21-11-13(4-3-12-9-14(19)10-12)17(23-18)22-15-5-7-16(24-2)8-6-15/h5-8,11-12,14H,3-4,9-10,19H2,1-2H3,(H2,20,21,22,23). The molecule has 128 valence electrons. The van der Waals surface area contributed by atoms with Gasteiger partial charge < -0.3 is 21.1 Å². The summed E-state index contributed by atoms with van der Waals surface area (Å²) in [6.07, 6.45) is 6.27. The lowest BCUT2D eigenvalue weighted by atomic mass is 9.77. The van der Waals surface area contributed by atoms with E-state index in [-0.39, 0.29) is 0 Å². The normalized spacial score (nSPS) is 19.5. The van der Waals surface area contributed by atoms with Gasteiger partial charge in [-0.25, -0.2) is 4.98 Å². The number of aromatic nitrogens is 2. The highest BCUT2D eigenvalue weighted by Gasteiger charge is 2.25. The zero-order valence-corrected chi connectivity index (χ0v) is 14.2. The topological polar surface area (TPSA) is 85.1 Å². The lowest BCUT2D eigenvalue weighted by Gasteiger charge is -2.32. The van der Waals surface area contributed by atoms with Crippen molar-refractivity contribution in [2.24, 2.45) is 11.7 Å². The molecule has 4 N–H and O–H groups in total. The van der Waals surface area contributed by atoms with E-state index in [1.54, 1.807) is 7.11 Å². The molecule has 0 saturated heterocycles. The van der Waals surface area contributed by atoms with Gasteiger partial charge in [0, 0.05) is 30.5 Å². The Bertz CT molecular complexity index is 668. The molecule has 1 aromatic carbocycles. The maximum atomic E-state index is 5.88. The molecule has 1 aliphatic carbocycles. The number of benzene rings is 1.